The van der Waals surface area contributed by atoms with Crippen LogP contribution in [0.2, 0.25) is 0 Å². The van der Waals surface area contributed by atoms with Crippen LogP contribution >= 0.6 is 24.0 Å². The molecule has 1 aromatic rings. The SMILES string of the molecule is CCNC(=NCC1(CO)CC1)NCC(c1ccc(OC)cc1)N1CCOCC1.I. The number of aliphatic hydroxyl groups excluding tert-OH is 1. The van der Waals surface area contributed by atoms with E-state index < -0.39 is 0 Å². The van der Waals surface area contributed by atoms with Crippen molar-refractivity contribution in [2.75, 3.05) is 59.7 Å². The van der Waals surface area contributed by atoms with E-state index in [0.717, 1.165) is 63.9 Å². The number of aliphatic imine (C=N–C) groups is 1. The quantitative estimate of drug-likeness (QED) is 0.264. The molecular weight excluding hydrogens is 483 g/mol. The summed E-state index contributed by atoms with van der Waals surface area (Å²) in [6.45, 7) is 7.88. The number of benzene rings is 1. The molecule has 1 aliphatic heterocycles. The summed E-state index contributed by atoms with van der Waals surface area (Å²) in [5.41, 5.74) is 1.27. The number of guanidine groups is 1. The number of hydrogen-bond acceptors (Lipinski definition) is 5. The molecule has 0 radical (unpaired) electrons. The average Bonchev–Trinajstić information content (AvgIpc) is 3.54. The molecule has 1 aliphatic carbocycles. The largest absolute Gasteiger partial charge is 0.497 e. The number of methoxy groups -OCH3 is 1. The summed E-state index contributed by atoms with van der Waals surface area (Å²) in [6.07, 6.45) is 2.13. The zero-order chi connectivity index (χ0) is 19.8. The Hall–Kier alpha value is -1.10. The number of halogens is 1. The van der Waals surface area contributed by atoms with E-state index in [4.69, 9.17) is 14.5 Å². The van der Waals surface area contributed by atoms with Gasteiger partial charge in [0.1, 0.15) is 5.75 Å². The van der Waals surface area contributed by atoms with Gasteiger partial charge in [-0.25, -0.2) is 0 Å². The van der Waals surface area contributed by atoms with E-state index in [2.05, 4.69) is 34.6 Å². The highest BCUT2D eigenvalue weighted by molar-refractivity contribution is 14.0. The first kappa shape index (κ1) is 24.2. The first-order valence-corrected chi connectivity index (χ1v) is 10.3. The molecule has 7 nitrogen and oxygen atoms in total. The van der Waals surface area contributed by atoms with Crippen molar-refractivity contribution >= 4 is 29.9 Å². The van der Waals surface area contributed by atoms with Crippen molar-refractivity contribution in [3.8, 4) is 5.75 Å². The van der Waals surface area contributed by atoms with Crippen LogP contribution in [-0.4, -0.2) is 75.6 Å². The summed E-state index contributed by atoms with van der Waals surface area (Å²) in [7, 11) is 1.69. The molecule has 1 unspecified atom stereocenters. The summed E-state index contributed by atoms with van der Waals surface area (Å²) in [5, 5.41) is 16.4. The molecule has 0 spiro atoms. The Balaban J connectivity index is 0.00000300. The standard InChI is InChI=1S/C21H34N4O3.HI/c1-3-22-20(24-15-21(16-26)8-9-21)23-14-19(25-10-12-28-13-11-25)17-4-6-18(27-2)7-5-17;/h4-7,19,26H,3,8-16H2,1-2H3,(H2,22,23,24);1H. The van der Waals surface area contributed by atoms with Gasteiger partial charge in [-0.3, -0.25) is 9.89 Å². The van der Waals surface area contributed by atoms with Crippen LogP contribution in [0.5, 0.6) is 5.75 Å². The third kappa shape index (κ3) is 6.97. The molecule has 29 heavy (non-hydrogen) atoms. The second kappa shape index (κ2) is 11.9. The maximum absolute atomic E-state index is 9.54. The first-order chi connectivity index (χ1) is 13.7. The van der Waals surface area contributed by atoms with Crippen molar-refractivity contribution in [1.82, 2.24) is 15.5 Å². The van der Waals surface area contributed by atoms with E-state index in [1.165, 1.54) is 5.56 Å². The van der Waals surface area contributed by atoms with Gasteiger partial charge in [-0.1, -0.05) is 12.1 Å². The zero-order valence-corrected chi connectivity index (χ0v) is 19.9. The number of ether oxygens (including phenoxy) is 2. The lowest BCUT2D eigenvalue weighted by Crippen LogP contribution is -2.46. The van der Waals surface area contributed by atoms with E-state index in [1.807, 2.05) is 12.1 Å². The number of morpholine rings is 1. The third-order valence-corrected chi connectivity index (χ3v) is 5.66. The van der Waals surface area contributed by atoms with Gasteiger partial charge < -0.3 is 25.2 Å². The average molecular weight is 518 g/mol. The number of hydrogen-bond donors (Lipinski definition) is 3. The zero-order valence-electron chi connectivity index (χ0n) is 17.5. The lowest BCUT2D eigenvalue weighted by atomic mass is 10.0. The molecule has 1 heterocycles. The summed E-state index contributed by atoms with van der Waals surface area (Å²) >= 11 is 0. The van der Waals surface area contributed by atoms with Gasteiger partial charge in [0.2, 0.25) is 0 Å². The van der Waals surface area contributed by atoms with Crippen LogP contribution in [0.1, 0.15) is 31.4 Å². The summed E-state index contributed by atoms with van der Waals surface area (Å²) in [6, 6.07) is 8.53. The van der Waals surface area contributed by atoms with Crippen molar-refractivity contribution in [3.05, 3.63) is 29.8 Å². The van der Waals surface area contributed by atoms with Crippen LogP contribution in [-0.2, 0) is 4.74 Å². The van der Waals surface area contributed by atoms with E-state index in [-0.39, 0.29) is 42.0 Å². The number of rotatable bonds is 9. The maximum atomic E-state index is 9.54. The Morgan fingerprint density at radius 3 is 2.48 bits per heavy atom. The van der Waals surface area contributed by atoms with Crippen molar-refractivity contribution in [2.24, 2.45) is 10.4 Å². The minimum absolute atomic E-state index is 0. The van der Waals surface area contributed by atoms with Crippen LogP contribution in [0.15, 0.2) is 29.3 Å². The molecule has 1 saturated heterocycles. The molecule has 3 rings (SSSR count). The predicted molar refractivity (Wildman–Crippen MR) is 126 cm³/mol. The predicted octanol–water partition coefficient (Wildman–Crippen LogP) is 2.01. The van der Waals surface area contributed by atoms with E-state index in [1.54, 1.807) is 7.11 Å². The molecule has 8 heteroatoms. The minimum Gasteiger partial charge on any atom is -0.497 e. The molecular formula is C21H35IN4O3. The Morgan fingerprint density at radius 2 is 1.93 bits per heavy atom. The Bertz CT molecular complexity index is 631. The second-order valence-corrected chi connectivity index (χ2v) is 7.67. The van der Waals surface area contributed by atoms with Gasteiger partial charge in [-0.05, 0) is 37.5 Å². The van der Waals surface area contributed by atoms with Crippen LogP contribution in [0.25, 0.3) is 0 Å². The van der Waals surface area contributed by atoms with E-state index in [0.29, 0.717) is 6.54 Å². The minimum atomic E-state index is 0. The molecule has 1 saturated carbocycles. The van der Waals surface area contributed by atoms with Crippen molar-refractivity contribution in [3.63, 3.8) is 0 Å². The first-order valence-electron chi connectivity index (χ1n) is 10.3. The van der Waals surface area contributed by atoms with Crippen LogP contribution < -0.4 is 15.4 Å². The fourth-order valence-electron chi connectivity index (χ4n) is 3.50. The highest BCUT2D eigenvalue weighted by Gasteiger charge is 2.41. The lowest BCUT2D eigenvalue weighted by Gasteiger charge is -2.35. The van der Waals surface area contributed by atoms with Crippen molar-refractivity contribution in [1.29, 1.82) is 0 Å². The number of aliphatic hydroxyl groups is 1. The Kier molecular flexibility index (Phi) is 9.94. The normalized spacial score (nSPS) is 19.8. The van der Waals surface area contributed by atoms with Crippen LogP contribution in [0.3, 0.4) is 0 Å². The molecule has 0 aromatic heterocycles. The number of nitrogens with zero attached hydrogens (tertiary/aromatic N) is 2. The Morgan fingerprint density at radius 1 is 1.24 bits per heavy atom. The van der Waals surface area contributed by atoms with Gasteiger partial charge in [0.15, 0.2) is 5.96 Å². The smallest absolute Gasteiger partial charge is 0.191 e. The van der Waals surface area contributed by atoms with Gasteiger partial charge in [0.25, 0.3) is 0 Å². The molecule has 0 amide bonds. The lowest BCUT2D eigenvalue weighted by molar-refractivity contribution is 0.0170. The van der Waals surface area contributed by atoms with Gasteiger partial charge in [0.05, 0.1) is 39.5 Å². The molecule has 2 fully saturated rings. The molecule has 2 aliphatic rings. The second-order valence-electron chi connectivity index (χ2n) is 7.67. The third-order valence-electron chi connectivity index (χ3n) is 5.66. The van der Waals surface area contributed by atoms with Gasteiger partial charge in [0, 0.05) is 31.6 Å². The molecule has 0 bridgehead atoms. The van der Waals surface area contributed by atoms with Gasteiger partial charge in [-0.2, -0.15) is 0 Å². The maximum Gasteiger partial charge on any atom is 0.191 e. The summed E-state index contributed by atoms with van der Waals surface area (Å²) in [4.78, 5) is 7.18. The van der Waals surface area contributed by atoms with Gasteiger partial charge >= 0.3 is 0 Å². The molecule has 1 atom stereocenters. The van der Waals surface area contributed by atoms with E-state index in [9.17, 15) is 5.11 Å². The van der Waals surface area contributed by atoms with E-state index >= 15 is 0 Å². The van der Waals surface area contributed by atoms with Crippen LogP contribution in [0.4, 0.5) is 0 Å². The fraction of sp³-hybridized carbons (Fsp3) is 0.667. The highest BCUT2D eigenvalue weighted by atomic mass is 127. The Labute approximate surface area is 191 Å². The molecule has 3 N–H and O–H groups in total. The van der Waals surface area contributed by atoms with Gasteiger partial charge in [-0.15, -0.1) is 24.0 Å². The number of nitrogens with one attached hydrogen (secondary N) is 2. The topological polar surface area (TPSA) is 78.4 Å². The monoisotopic (exact) mass is 518 g/mol. The molecule has 1 aromatic carbocycles. The van der Waals surface area contributed by atoms with Crippen LogP contribution in [0, 0.1) is 5.41 Å². The van der Waals surface area contributed by atoms with Crippen molar-refractivity contribution in [2.45, 2.75) is 25.8 Å². The highest BCUT2D eigenvalue weighted by Crippen LogP contribution is 2.45. The summed E-state index contributed by atoms with van der Waals surface area (Å²) in [5.74, 6) is 1.68. The molecule has 164 valence electrons. The van der Waals surface area contributed by atoms with Crippen molar-refractivity contribution < 1.29 is 14.6 Å². The fourth-order valence-corrected chi connectivity index (χ4v) is 3.50. The summed E-state index contributed by atoms with van der Waals surface area (Å²) < 4.78 is 10.8.